The van der Waals surface area contributed by atoms with E-state index in [1.807, 2.05) is 30.3 Å². The van der Waals surface area contributed by atoms with Gasteiger partial charge >= 0.3 is 11.9 Å². The van der Waals surface area contributed by atoms with Crippen LogP contribution in [0.25, 0.3) is 10.9 Å². The summed E-state index contributed by atoms with van der Waals surface area (Å²) in [5, 5.41) is 21.7. The van der Waals surface area contributed by atoms with E-state index < -0.39 is 29.8 Å². The van der Waals surface area contributed by atoms with Crippen LogP contribution in [0.2, 0.25) is 0 Å². The summed E-state index contributed by atoms with van der Waals surface area (Å²) in [4.78, 5) is 37.9. The molecule has 0 saturated carbocycles. The second kappa shape index (κ2) is 8.05. The molecule has 0 aliphatic rings. The van der Waals surface area contributed by atoms with Crippen LogP contribution < -0.4 is 10.1 Å². The van der Waals surface area contributed by atoms with Crippen molar-refractivity contribution in [1.29, 1.82) is 0 Å². The molecule has 0 saturated heterocycles. The van der Waals surface area contributed by atoms with Crippen molar-refractivity contribution in [2.45, 2.75) is 25.5 Å². The third-order valence-electron chi connectivity index (χ3n) is 4.56. The summed E-state index contributed by atoms with van der Waals surface area (Å²) >= 11 is 0. The van der Waals surface area contributed by atoms with E-state index in [0.717, 1.165) is 12.5 Å². The van der Waals surface area contributed by atoms with E-state index in [-0.39, 0.29) is 0 Å². The zero-order valence-corrected chi connectivity index (χ0v) is 15.6. The molecule has 0 unspecified atom stereocenters. The molecule has 8 heteroatoms. The van der Waals surface area contributed by atoms with Crippen LogP contribution in [0.3, 0.4) is 0 Å². The van der Waals surface area contributed by atoms with Gasteiger partial charge in [0.1, 0.15) is 12.4 Å². The van der Waals surface area contributed by atoms with Gasteiger partial charge in [-0.05, 0) is 23.3 Å². The van der Waals surface area contributed by atoms with Gasteiger partial charge in [0.25, 0.3) is 0 Å². The molecule has 3 rings (SSSR count). The van der Waals surface area contributed by atoms with Crippen LogP contribution in [0, 0.1) is 0 Å². The van der Waals surface area contributed by atoms with E-state index in [2.05, 4.69) is 10.3 Å². The van der Waals surface area contributed by atoms with Crippen molar-refractivity contribution in [3.63, 3.8) is 0 Å². The Morgan fingerprint density at radius 1 is 1.07 bits per heavy atom. The van der Waals surface area contributed by atoms with Gasteiger partial charge in [-0.25, -0.2) is 9.59 Å². The fourth-order valence-electron chi connectivity index (χ4n) is 3.12. The molecule has 150 valence electrons. The number of carboxylic acid groups (broad SMARTS) is 2. The number of carboxylic acids is 2. The number of rotatable bonds is 8. The fourth-order valence-corrected chi connectivity index (χ4v) is 3.12. The lowest BCUT2D eigenvalue weighted by atomic mass is 9.90. The van der Waals surface area contributed by atoms with Crippen molar-refractivity contribution in [3.05, 3.63) is 65.9 Å². The molecular formula is C21H20N2O6. The van der Waals surface area contributed by atoms with Crippen molar-refractivity contribution in [2.75, 3.05) is 0 Å². The first-order valence-corrected chi connectivity index (χ1v) is 8.84. The SMILES string of the molecule is CC(=O)NC(Cc1c[nH]c2cc(OCc3ccccc3)ccc12)(C(=O)O)C(=O)O. The van der Waals surface area contributed by atoms with E-state index in [1.54, 1.807) is 18.2 Å². The second-order valence-corrected chi connectivity index (χ2v) is 6.67. The molecule has 0 atom stereocenters. The Morgan fingerprint density at radius 3 is 2.38 bits per heavy atom. The maximum atomic E-state index is 11.7. The number of ether oxygens (including phenoxy) is 1. The first kappa shape index (κ1) is 19.9. The summed E-state index contributed by atoms with van der Waals surface area (Å²) in [5.41, 5.74) is -0.322. The number of aliphatic carboxylic acids is 2. The highest BCUT2D eigenvalue weighted by molar-refractivity contribution is 6.07. The number of aromatic nitrogens is 1. The Balaban J connectivity index is 1.86. The number of fused-ring (bicyclic) bond motifs is 1. The highest BCUT2D eigenvalue weighted by atomic mass is 16.5. The first-order chi connectivity index (χ1) is 13.8. The Morgan fingerprint density at radius 2 is 1.76 bits per heavy atom. The zero-order chi connectivity index (χ0) is 21.0. The lowest BCUT2D eigenvalue weighted by Gasteiger charge is -2.25. The van der Waals surface area contributed by atoms with Crippen LogP contribution in [0.1, 0.15) is 18.1 Å². The Bertz CT molecular complexity index is 1040. The van der Waals surface area contributed by atoms with Gasteiger partial charge in [-0.3, -0.25) is 4.79 Å². The first-order valence-electron chi connectivity index (χ1n) is 8.84. The summed E-state index contributed by atoms with van der Waals surface area (Å²) < 4.78 is 5.77. The number of carbonyl (C=O) groups excluding carboxylic acids is 1. The van der Waals surface area contributed by atoms with Gasteiger partial charge in [0.05, 0.1) is 0 Å². The van der Waals surface area contributed by atoms with Crippen molar-refractivity contribution in [3.8, 4) is 5.75 Å². The fraction of sp³-hybridized carbons (Fsp3) is 0.190. The Kier molecular flexibility index (Phi) is 5.54. The molecule has 4 N–H and O–H groups in total. The number of H-pyrrole nitrogens is 1. The monoisotopic (exact) mass is 396 g/mol. The van der Waals surface area contributed by atoms with Crippen molar-refractivity contribution in [2.24, 2.45) is 0 Å². The molecule has 3 aromatic rings. The van der Waals surface area contributed by atoms with E-state index in [1.165, 1.54) is 6.20 Å². The van der Waals surface area contributed by atoms with Gasteiger partial charge in [-0.2, -0.15) is 0 Å². The summed E-state index contributed by atoms with van der Waals surface area (Å²) in [5.74, 6) is -3.42. The maximum Gasteiger partial charge on any atom is 0.341 e. The molecule has 2 aromatic carbocycles. The molecule has 1 aromatic heterocycles. The summed E-state index contributed by atoms with van der Waals surface area (Å²) in [7, 11) is 0. The molecule has 0 aliphatic carbocycles. The largest absolute Gasteiger partial charge is 0.489 e. The molecule has 0 bridgehead atoms. The minimum atomic E-state index is -2.45. The Labute approximate surface area is 166 Å². The van der Waals surface area contributed by atoms with E-state index >= 15 is 0 Å². The standard InChI is InChI=1S/C21H20N2O6/c1-13(24)23-21(19(25)26,20(27)28)10-15-11-22-18-9-16(7-8-17(15)18)29-12-14-5-3-2-4-6-14/h2-9,11,22H,10,12H2,1H3,(H,23,24)(H,25,26)(H,27,28). The second-order valence-electron chi connectivity index (χ2n) is 6.67. The van der Waals surface area contributed by atoms with Crippen LogP contribution in [-0.2, 0) is 27.4 Å². The molecule has 1 amide bonds. The molecule has 8 nitrogen and oxygen atoms in total. The highest BCUT2D eigenvalue weighted by Gasteiger charge is 2.48. The smallest absolute Gasteiger partial charge is 0.341 e. The number of hydrogen-bond donors (Lipinski definition) is 4. The minimum absolute atomic E-state index is 0.392. The number of aromatic amines is 1. The average Bonchev–Trinajstić information content (AvgIpc) is 3.08. The van der Waals surface area contributed by atoms with E-state index in [9.17, 15) is 24.6 Å². The number of carbonyl (C=O) groups is 3. The molecule has 0 spiro atoms. The molecular weight excluding hydrogens is 376 g/mol. The summed E-state index contributed by atoms with van der Waals surface area (Å²) in [6.45, 7) is 1.47. The zero-order valence-electron chi connectivity index (χ0n) is 15.6. The van der Waals surface area contributed by atoms with E-state index in [0.29, 0.717) is 28.8 Å². The van der Waals surface area contributed by atoms with Crippen LogP contribution in [0.5, 0.6) is 5.75 Å². The van der Waals surface area contributed by atoms with Gasteiger partial charge < -0.3 is 25.3 Å². The molecule has 0 aliphatic heterocycles. The van der Waals surface area contributed by atoms with Crippen LogP contribution in [0.4, 0.5) is 0 Å². The lowest BCUT2D eigenvalue weighted by Crippen LogP contribution is -2.61. The topological polar surface area (TPSA) is 129 Å². The normalized spacial score (nSPS) is 11.2. The van der Waals surface area contributed by atoms with Crippen molar-refractivity contribution < 1.29 is 29.3 Å². The lowest BCUT2D eigenvalue weighted by molar-refractivity contribution is -0.161. The van der Waals surface area contributed by atoms with Crippen molar-refractivity contribution >= 4 is 28.7 Å². The van der Waals surface area contributed by atoms with Gasteiger partial charge in [-0.15, -0.1) is 0 Å². The summed E-state index contributed by atoms with van der Waals surface area (Å²) in [6.07, 6.45) is 1.12. The number of hydrogen-bond acceptors (Lipinski definition) is 4. The molecule has 0 radical (unpaired) electrons. The van der Waals surface area contributed by atoms with Crippen LogP contribution in [0.15, 0.2) is 54.7 Å². The summed E-state index contributed by atoms with van der Waals surface area (Å²) in [6, 6.07) is 14.9. The predicted molar refractivity (Wildman–Crippen MR) is 105 cm³/mol. The maximum absolute atomic E-state index is 11.7. The molecule has 1 heterocycles. The Hall–Kier alpha value is -3.81. The van der Waals surface area contributed by atoms with Crippen molar-refractivity contribution in [1.82, 2.24) is 10.3 Å². The highest BCUT2D eigenvalue weighted by Crippen LogP contribution is 2.27. The van der Waals surface area contributed by atoms with Crippen LogP contribution in [-0.4, -0.2) is 38.6 Å². The quantitative estimate of drug-likeness (QED) is 0.433. The minimum Gasteiger partial charge on any atom is -0.489 e. The van der Waals surface area contributed by atoms with Gasteiger partial charge in [0.15, 0.2) is 0 Å². The van der Waals surface area contributed by atoms with Gasteiger partial charge in [-0.1, -0.05) is 30.3 Å². The third-order valence-corrected chi connectivity index (χ3v) is 4.56. The van der Waals surface area contributed by atoms with E-state index in [4.69, 9.17) is 4.74 Å². The predicted octanol–water partition coefficient (Wildman–Crippen LogP) is 2.33. The van der Waals surface area contributed by atoms with Crippen LogP contribution >= 0.6 is 0 Å². The average molecular weight is 396 g/mol. The van der Waals surface area contributed by atoms with Gasteiger partial charge in [0, 0.05) is 36.5 Å². The number of amides is 1. The number of benzene rings is 2. The molecule has 29 heavy (non-hydrogen) atoms. The third kappa shape index (κ3) is 4.21. The van der Waals surface area contributed by atoms with Gasteiger partial charge in [0.2, 0.25) is 11.4 Å². The number of nitrogens with one attached hydrogen (secondary N) is 2. The molecule has 0 fully saturated rings.